The van der Waals surface area contributed by atoms with E-state index in [4.69, 9.17) is 9.47 Å². The number of ether oxygens (including phenoxy) is 2. The molecule has 2 amide bonds. The Hall–Kier alpha value is -2.67. The smallest absolute Gasteiger partial charge is 0.302 e. The van der Waals surface area contributed by atoms with E-state index in [1.165, 1.54) is 11.8 Å². The number of imide groups is 1. The molecule has 7 nitrogen and oxygen atoms in total. The second-order valence-corrected chi connectivity index (χ2v) is 7.10. The highest BCUT2D eigenvalue weighted by molar-refractivity contribution is 6.23. The maximum atomic E-state index is 13.1. The third-order valence-electron chi connectivity index (χ3n) is 5.28. The van der Waals surface area contributed by atoms with E-state index < -0.39 is 29.5 Å². The lowest BCUT2D eigenvalue weighted by atomic mass is 9.77. The van der Waals surface area contributed by atoms with Crippen molar-refractivity contribution in [1.29, 1.82) is 0 Å². The third kappa shape index (κ3) is 2.27. The number of esters is 1. The summed E-state index contributed by atoms with van der Waals surface area (Å²) in [5.74, 6) is -2.26. The molecule has 2 bridgehead atoms. The minimum Gasteiger partial charge on any atom is -0.462 e. The summed E-state index contributed by atoms with van der Waals surface area (Å²) in [6, 6.07) is 7.26. The van der Waals surface area contributed by atoms with Crippen LogP contribution in [0.1, 0.15) is 6.92 Å². The van der Waals surface area contributed by atoms with Crippen LogP contribution in [-0.4, -0.2) is 50.2 Å². The van der Waals surface area contributed by atoms with Gasteiger partial charge in [-0.2, -0.15) is 0 Å². The monoisotopic (exact) mass is 356 g/mol. The molecule has 2 fully saturated rings. The Kier molecular flexibility index (Phi) is 3.66. The van der Waals surface area contributed by atoms with E-state index >= 15 is 0 Å². The van der Waals surface area contributed by atoms with E-state index in [9.17, 15) is 14.4 Å². The Morgan fingerprint density at radius 3 is 2.54 bits per heavy atom. The number of anilines is 2. The van der Waals surface area contributed by atoms with Gasteiger partial charge in [-0.25, -0.2) is 4.90 Å². The molecule has 0 radical (unpaired) electrons. The maximum absolute atomic E-state index is 13.1. The molecule has 3 aliphatic rings. The van der Waals surface area contributed by atoms with E-state index in [2.05, 4.69) is 0 Å². The lowest BCUT2D eigenvalue weighted by molar-refractivity contribution is -0.150. The number of fused-ring (bicyclic) bond motifs is 5. The van der Waals surface area contributed by atoms with Crippen molar-refractivity contribution in [3.05, 3.63) is 36.4 Å². The largest absolute Gasteiger partial charge is 0.462 e. The zero-order valence-corrected chi connectivity index (χ0v) is 14.8. The number of nitrogens with zero attached hydrogens (tertiary/aromatic N) is 2. The molecule has 0 aromatic heterocycles. The molecule has 1 aromatic carbocycles. The summed E-state index contributed by atoms with van der Waals surface area (Å²) in [6.45, 7) is 1.24. The van der Waals surface area contributed by atoms with Gasteiger partial charge in [0, 0.05) is 26.7 Å². The highest BCUT2D eigenvalue weighted by Gasteiger charge is 2.68. The van der Waals surface area contributed by atoms with E-state index in [1.54, 1.807) is 24.3 Å². The summed E-state index contributed by atoms with van der Waals surface area (Å²) in [5, 5.41) is 0. The van der Waals surface area contributed by atoms with Gasteiger partial charge in [0.15, 0.2) is 0 Å². The minimum absolute atomic E-state index is 0.0665. The van der Waals surface area contributed by atoms with Crippen LogP contribution in [0.4, 0.5) is 11.4 Å². The highest BCUT2D eigenvalue weighted by Crippen LogP contribution is 2.52. The first-order valence-corrected chi connectivity index (χ1v) is 8.50. The zero-order chi connectivity index (χ0) is 18.6. The summed E-state index contributed by atoms with van der Waals surface area (Å²) in [6.07, 6.45) is 3.08. The second-order valence-electron chi connectivity index (χ2n) is 7.10. The first-order chi connectivity index (χ1) is 12.3. The number of hydrogen-bond acceptors (Lipinski definition) is 6. The maximum Gasteiger partial charge on any atom is 0.302 e. The molecule has 1 aromatic rings. The van der Waals surface area contributed by atoms with Gasteiger partial charge in [-0.3, -0.25) is 14.4 Å². The van der Waals surface area contributed by atoms with E-state index in [0.717, 1.165) is 5.69 Å². The van der Waals surface area contributed by atoms with Gasteiger partial charge in [0.1, 0.15) is 12.2 Å². The average molecular weight is 356 g/mol. The molecule has 4 atom stereocenters. The van der Waals surface area contributed by atoms with Crippen LogP contribution in [-0.2, 0) is 23.9 Å². The van der Waals surface area contributed by atoms with E-state index in [1.807, 2.05) is 31.1 Å². The predicted molar refractivity (Wildman–Crippen MR) is 93.6 cm³/mol. The second kappa shape index (κ2) is 5.67. The molecule has 0 unspecified atom stereocenters. The quantitative estimate of drug-likeness (QED) is 0.457. The molecule has 26 heavy (non-hydrogen) atoms. The topological polar surface area (TPSA) is 76.2 Å². The molecule has 136 valence electrons. The molecule has 0 saturated carbocycles. The van der Waals surface area contributed by atoms with Gasteiger partial charge >= 0.3 is 5.97 Å². The summed E-state index contributed by atoms with van der Waals surface area (Å²) < 4.78 is 11.0. The number of carbonyl (C=O) groups is 3. The molecule has 0 aliphatic carbocycles. The highest BCUT2D eigenvalue weighted by atomic mass is 16.6. The molecule has 3 heterocycles. The van der Waals surface area contributed by atoms with Gasteiger partial charge in [-0.1, -0.05) is 6.08 Å². The third-order valence-corrected chi connectivity index (χ3v) is 5.28. The van der Waals surface area contributed by atoms with Crippen molar-refractivity contribution in [2.75, 3.05) is 30.5 Å². The summed E-state index contributed by atoms with van der Waals surface area (Å²) in [5.41, 5.74) is 0.470. The predicted octanol–water partition coefficient (Wildman–Crippen LogP) is 1.13. The molecule has 0 N–H and O–H groups in total. The molecule has 0 spiro atoms. The van der Waals surface area contributed by atoms with Crippen LogP contribution in [0.2, 0.25) is 0 Å². The Bertz CT molecular complexity index is 816. The fourth-order valence-corrected chi connectivity index (χ4v) is 4.04. The minimum atomic E-state index is -1.05. The van der Waals surface area contributed by atoms with Crippen LogP contribution in [0.15, 0.2) is 36.4 Å². The molecule has 3 aliphatic heterocycles. The zero-order valence-electron chi connectivity index (χ0n) is 14.8. The molecule has 2 saturated heterocycles. The van der Waals surface area contributed by atoms with Gasteiger partial charge in [0.05, 0.1) is 23.6 Å². The van der Waals surface area contributed by atoms with Crippen LogP contribution >= 0.6 is 0 Å². The van der Waals surface area contributed by atoms with Crippen molar-refractivity contribution in [3.63, 3.8) is 0 Å². The first-order valence-electron chi connectivity index (χ1n) is 8.50. The van der Waals surface area contributed by atoms with Crippen LogP contribution in [0.5, 0.6) is 0 Å². The first kappa shape index (κ1) is 16.8. The summed E-state index contributed by atoms with van der Waals surface area (Å²) >= 11 is 0. The number of benzene rings is 1. The van der Waals surface area contributed by atoms with Crippen molar-refractivity contribution in [3.8, 4) is 0 Å². The molecular weight excluding hydrogens is 336 g/mol. The van der Waals surface area contributed by atoms with Crippen molar-refractivity contribution in [2.24, 2.45) is 11.8 Å². The van der Waals surface area contributed by atoms with Gasteiger partial charge in [-0.05, 0) is 30.3 Å². The van der Waals surface area contributed by atoms with Gasteiger partial charge in [0.2, 0.25) is 11.8 Å². The number of rotatable bonds is 4. The fraction of sp³-hybridized carbons (Fsp3) is 0.421. The van der Waals surface area contributed by atoms with Crippen LogP contribution in [0.3, 0.4) is 0 Å². The van der Waals surface area contributed by atoms with Crippen LogP contribution in [0, 0.1) is 11.8 Å². The van der Waals surface area contributed by atoms with Gasteiger partial charge < -0.3 is 14.4 Å². The lowest BCUT2D eigenvalue weighted by Gasteiger charge is -2.28. The fourth-order valence-electron chi connectivity index (χ4n) is 4.04. The van der Waals surface area contributed by atoms with Gasteiger partial charge in [-0.15, -0.1) is 0 Å². The summed E-state index contributed by atoms with van der Waals surface area (Å²) in [4.78, 5) is 40.4. The normalized spacial score (nSPS) is 31.5. The van der Waals surface area contributed by atoms with Crippen molar-refractivity contribution >= 4 is 29.2 Å². The van der Waals surface area contributed by atoms with Crippen molar-refractivity contribution in [1.82, 2.24) is 0 Å². The van der Waals surface area contributed by atoms with Gasteiger partial charge in [0.25, 0.3) is 0 Å². The Morgan fingerprint density at radius 2 is 1.92 bits per heavy atom. The van der Waals surface area contributed by atoms with Crippen LogP contribution in [0.25, 0.3) is 0 Å². The van der Waals surface area contributed by atoms with E-state index in [-0.39, 0.29) is 18.4 Å². The van der Waals surface area contributed by atoms with Crippen LogP contribution < -0.4 is 9.80 Å². The number of hydrogen-bond donors (Lipinski definition) is 0. The number of amides is 2. The summed E-state index contributed by atoms with van der Waals surface area (Å²) in [7, 11) is 3.84. The molecular formula is C19H20N2O5. The number of carbonyl (C=O) groups excluding carboxylic acids is 3. The Morgan fingerprint density at radius 1 is 1.23 bits per heavy atom. The Labute approximate surface area is 151 Å². The van der Waals surface area contributed by atoms with E-state index in [0.29, 0.717) is 5.69 Å². The molecule has 4 rings (SSSR count). The average Bonchev–Trinajstić information content (AvgIpc) is 3.24. The SMILES string of the molecule is CC(=O)OC[C@@]12C=C[C@@H](O1)[C@H]1C(=O)N(c3ccc(N(C)C)cc3)C(=O)[C@H]12. The lowest BCUT2D eigenvalue weighted by Crippen LogP contribution is -2.44. The van der Waals surface area contributed by atoms with Crippen molar-refractivity contribution < 1.29 is 23.9 Å². The molecule has 7 heteroatoms. The standard InChI is InChI=1S/C19H20N2O5/c1-11(22)25-10-19-9-8-14(26-19)15-16(19)18(24)21(17(15)23)13-6-4-12(5-7-13)20(2)3/h4-9,14-16H,10H2,1-3H3/t14-,15-,16+,19-/m1/s1. The van der Waals surface area contributed by atoms with Crippen molar-refractivity contribution in [2.45, 2.75) is 18.6 Å². The Balaban J connectivity index is 1.65.